The van der Waals surface area contributed by atoms with Gasteiger partial charge in [0, 0.05) is 23.3 Å². The molecule has 6 nitrogen and oxygen atoms in total. The summed E-state index contributed by atoms with van der Waals surface area (Å²) in [7, 11) is 0. The van der Waals surface area contributed by atoms with E-state index in [9.17, 15) is 22.8 Å². The molecule has 1 aromatic heterocycles. The maximum absolute atomic E-state index is 13.4. The third-order valence-corrected chi connectivity index (χ3v) is 6.32. The highest BCUT2D eigenvalue weighted by Crippen LogP contribution is 2.60. The van der Waals surface area contributed by atoms with Gasteiger partial charge in [0.05, 0.1) is 9.90 Å². The second kappa shape index (κ2) is 7.17. The number of carbonyl (C=O) groups excluding carboxylic acids is 2. The van der Waals surface area contributed by atoms with Gasteiger partial charge in [-0.25, -0.2) is 18.2 Å². The largest absolute Gasteiger partial charge is 0.484 e. The van der Waals surface area contributed by atoms with Crippen molar-refractivity contribution in [1.82, 2.24) is 15.6 Å². The summed E-state index contributed by atoms with van der Waals surface area (Å²) < 4.78 is 43.8. The minimum atomic E-state index is -2.66. The number of alkyl halides is 2. The molecule has 3 aliphatic carbocycles. The lowest BCUT2D eigenvalue weighted by molar-refractivity contribution is -0.141. The number of nitrogens with one attached hydrogen (secondary N) is 2. The van der Waals surface area contributed by atoms with Crippen molar-refractivity contribution in [2.24, 2.45) is 0 Å². The molecule has 2 bridgehead atoms. The first kappa shape index (κ1) is 20.0. The lowest BCUT2D eigenvalue weighted by Crippen LogP contribution is -2.84. The molecule has 0 spiro atoms. The van der Waals surface area contributed by atoms with Crippen LogP contribution in [0.15, 0.2) is 24.4 Å². The fourth-order valence-electron chi connectivity index (χ4n) is 3.89. The van der Waals surface area contributed by atoms with Crippen LogP contribution in [0.3, 0.4) is 0 Å². The van der Waals surface area contributed by atoms with Crippen LogP contribution in [0.1, 0.15) is 40.4 Å². The van der Waals surface area contributed by atoms with Gasteiger partial charge in [0.15, 0.2) is 11.6 Å². The number of aromatic nitrogens is 1. The number of hydrogen-bond acceptors (Lipinski definition) is 5. The number of nitrogens with zero attached hydrogens (tertiary/aromatic N) is 1. The lowest BCUT2D eigenvalue weighted by Gasteiger charge is -2.70. The van der Waals surface area contributed by atoms with Gasteiger partial charge in [0.1, 0.15) is 11.6 Å². The average Bonchev–Trinajstić information content (AvgIpc) is 3.10. The minimum absolute atomic E-state index is 0.00768. The van der Waals surface area contributed by atoms with E-state index >= 15 is 0 Å². The molecule has 0 unspecified atom stereocenters. The van der Waals surface area contributed by atoms with E-state index in [1.807, 2.05) is 0 Å². The molecular formula is C18H15ClF3N3O3S. The Bertz CT molecular complexity index is 964. The highest BCUT2D eigenvalue weighted by Gasteiger charge is 2.69. The van der Waals surface area contributed by atoms with E-state index in [1.54, 1.807) is 0 Å². The van der Waals surface area contributed by atoms with Gasteiger partial charge in [-0.15, -0.1) is 11.3 Å². The van der Waals surface area contributed by atoms with Crippen molar-refractivity contribution in [3.05, 3.63) is 45.1 Å². The molecule has 3 aliphatic rings. The molecule has 11 heteroatoms. The van der Waals surface area contributed by atoms with E-state index in [2.05, 4.69) is 15.6 Å². The molecule has 5 rings (SSSR count). The van der Waals surface area contributed by atoms with Crippen LogP contribution in [0, 0.1) is 5.82 Å². The van der Waals surface area contributed by atoms with Gasteiger partial charge in [-0.2, -0.15) is 0 Å². The number of rotatable bonds is 7. The van der Waals surface area contributed by atoms with Gasteiger partial charge in [-0.3, -0.25) is 9.59 Å². The molecule has 0 radical (unpaired) electrons. The van der Waals surface area contributed by atoms with Gasteiger partial charge in [0.25, 0.3) is 18.2 Å². The Hall–Kier alpha value is -2.33. The van der Waals surface area contributed by atoms with Crippen molar-refractivity contribution in [2.75, 3.05) is 6.61 Å². The number of hydrogen-bond donors (Lipinski definition) is 2. The van der Waals surface area contributed by atoms with Gasteiger partial charge in [-0.1, -0.05) is 11.6 Å². The maximum atomic E-state index is 13.4. The molecule has 0 atom stereocenters. The van der Waals surface area contributed by atoms with Crippen molar-refractivity contribution in [2.45, 2.75) is 36.8 Å². The Morgan fingerprint density at radius 3 is 2.55 bits per heavy atom. The molecule has 0 aliphatic heterocycles. The fraction of sp³-hybridized carbons (Fsp3) is 0.389. The van der Waals surface area contributed by atoms with Crippen molar-refractivity contribution in [3.63, 3.8) is 0 Å². The average molecular weight is 446 g/mol. The number of thiazole rings is 1. The summed E-state index contributed by atoms with van der Waals surface area (Å²) >= 11 is 6.25. The van der Waals surface area contributed by atoms with Crippen LogP contribution in [0.5, 0.6) is 5.75 Å². The molecule has 0 saturated heterocycles. The summed E-state index contributed by atoms with van der Waals surface area (Å²) in [5.74, 6) is -1.30. The first-order valence-electron chi connectivity index (χ1n) is 8.65. The molecule has 1 aromatic carbocycles. The van der Waals surface area contributed by atoms with Crippen LogP contribution in [0.2, 0.25) is 5.02 Å². The lowest BCUT2D eigenvalue weighted by atomic mass is 9.44. The quantitative estimate of drug-likeness (QED) is 0.684. The normalized spacial score (nSPS) is 24.4. The first-order valence-corrected chi connectivity index (χ1v) is 9.84. The Morgan fingerprint density at radius 1 is 1.24 bits per heavy atom. The van der Waals surface area contributed by atoms with Gasteiger partial charge in [-0.05, 0) is 31.4 Å². The second-order valence-corrected chi connectivity index (χ2v) is 8.80. The Labute approximate surface area is 172 Å². The predicted octanol–water partition coefficient (Wildman–Crippen LogP) is 3.47. The van der Waals surface area contributed by atoms with Crippen molar-refractivity contribution < 1.29 is 27.5 Å². The summed E-state index contributed by atoms with van der Waals surface area (Å²) in [6.45, 7) is -0.280. The maximum Gasteiger partial charge on any atom is 0.280 e. The van der Waals surface area contributed by atoms with E-state index < -0.39 is 29.2 Å². The third kappa shape index (κ3) is 3.91. The van der Waals surface area contributed by atoms with Gasteiger partial charge in [0.2, 0.25) is 0 Å². The topological polar surface area (TPSA) is 80.3 Å². The zero-order chi connectivity index (χ0) is 20.8. The summed E-state index contributed by atoms with van der Waals surface area (Å²) in [6, 6.07) is 3.89. The first-order chi connectivity index (χ1) is 13.7. The summed E-state index contributed by atoms with van der Waals surface area (Å²) in [4.78, 5) is 27.8. The second-order valence-electron chi connectivity index (χ2n) is 7.33. The Balaban J connectivity index is 1.23. The monoisotopic (exact) mass is 445 g/mol. The van der Waals surface area contributed by atoms with Crippen LogP contribution in [-0.2, 0) is 4.79 Å². The zero-order valence-corrected chi connectivity index (χ0v) is 16.4. The van der Waals surface area contributed by atoms with Crippen molar-refractivity contribution >= 4 is 34.8 Å². The molecular weight excluding hydrogens is 431 g/mol. The summed E-state index contributed by atoms with van der Waals surface area (Å²) in [6.07, 6.45) is -0.0324. The van der Waals surface area contributed by atoms with E-state index in [1.165, 1.54) is 12.1 Å². The number of halogens is 4. The van der Waals surface area contributed by atoms with E-state index in [4.69, 9.17) is 16.3 Å². The van der Waals surface area contributed by atoms with Crippen LogP contribution in [0.4, 0.5) is 13.2 Å². The predicted molar refractivity (Wildman–Crippen MR) is 98.9 cm³/mol. The smallest absolute Gasteiger partial charge is 0.280 e. The highest BCUT2D eigenvalue weighted by atomic mass is 35.5. The minimum Gasteiger partial charge on any atom is -0.484 e. The van der Waals surface area contributed by atoms with Crippen molar-refractivity contribution in [3.8, 4) is 5.75 Å². The van der Waals surface area contributed by atoms with E-state index in [-0.39, 0.29) is 33.2 Å². The summed E-state index contributed by atoms with van der Waals surface area (Å²) in [5, 5.41) is 5.64. The number of carbonyl (C=O) groups is 2. The molecule has 3 saturated carbocycles. The van der Waals surface area contributed by atoms with Crippen LogP contribution in [-0.4, -0.2) is 34.5 Å². The van der Waals surface area contributed by atoms with Crippen molar-refractivity contribution in [1.29, 1.82) is 0 Å². The van der Waals surface area contributed by atoms with Crippen LogP contribution >= 0.6 is 22.9 Å². The standard InChI is InChI=1S/C18H15ClF3N3O3S/c19-10-2-1-9(3-11(10)20)28-5-13(26)24-17-6-18(7-17,8-17)25-15(27)16-23-4-12(29-16)14(21)22/h1-4,14H,5-8H2,(H,24,26)(H,25,27). The molecule has 1 heterocycles. The zero-order valence-electron chi connectivity index (χ0n) is 14.8. The summed E-state index contributed by atoms with van der Waals surface area (Å²) in [5.41, 5.74) is -0.850. The Morgan fingerprint density at radius 2 is 1.93 bits per heavy atom. The van der Waals surface area contributed by atoms with E-state index in [0.717, 1.165) is 12.3 Å². The number of amides is 2. The number of ether oxygens (including phenoxy) is 1. The third-order valence-electron chi connectivity index (χ3n) is 5.01. The SMILES string of the molecule is O=C(COc1ccc(Cl)c(F)c1)NC12CC(NC(=O)c3ncc(C(F)F)s3)(C1)C2. The van der Waals surface area contributed by atoms with E-state index in [0.29, 0.717) is 30.6 Å². The van der Waals surface area contributed by atoms with Gasteiger partial charge >= 0.3 is 0 Å². The molecule has 154 valence electrons. The van der Waals surface area contributed by atoms with Crippen LogP contribution < -0.4 is 15.4 Å². The molecule has 2 N–H and O–H groups in total. The Kier molecular flexibility index (Phi) is 4.94. The molecule has 2 aromatic rings. The number of benzene rings is 1. The van der Waals surface area contributed by atoms with Gasteiger partial charge < -0.3 is 15.4 Å². The fourth-order valence-corrected chi connectivity index (χ4v) is 4.67. The molecule has 29 heavy (non-hydrogen) atoms. The molecule has 2 amide bonds. The molecule has 3 fully saturated rings. The highest BCUT2D eigenvalue weighted by molar-refractivity contribution is 7.13. The van der Waals surface area contributed by atoms with Crippen LogP contribution in [0.25, 0.3) is 0 Å².